The van der Waals surface area contributed by atoms with Gasteiger partial charge in [-0.2, -0.15) is 18.2 Å². The van der Waals surface area contributed by atoms with Crippen LogP contribution in [0.25, 0.3) is 16.6 Å². The van der Waals surface area contributed by atoms with Crippen molar-refractivity contribution < 1.29 is 13.2 Å². The van der Waals surface area contributed by atoms with Crippen LogP contribution < -0.4 is 0 Å². The van der Waals surface area contributed by atoms with E-state index in [9.17, 15) is 13.2 Å². The van der Waals surface area contributed by atoms with E-state index >= 15 is 0 Å². The highest BCUT2D eigenvalue weighted by Gasteiger charge is 2.27. The zero-order chi connectivity index (χ0) is 14.9. The number of rotatable bonds is 3. The zero-order valence-corrected chi connectivity index (χ0v) is 11.4. The van der Waals surface area contributed by atoms with E-state index in [0.717, 1.165) is 5.69 Å². The Bertz CT molecular complexity index is 662. The zero-order valence-electron chi connectivity index (χ0n) is 10.6. The molecule has 0 aromatic carbocycles. The topological polar surface area (TPSA) is 38.7 Å². The van der Waals surface area contributed by atoms with Gasteiger partial charge >= 0.3 is 6.18 Å². The summed E-state index contributed by atoms with van der Waals surface area (Å²) in [5.74, 6) is 0. The van der Waals surface area contributed by atoms with Gasteiger partial charge in [-0.05, 0) is 42.7 Å². The van der Waals surface area contributed by atoms with Crippen LogP contribution in [-0.4, -0.2) is 21.1 Å². The van der Waals surface area contributed by atoms with Gasteiger partial charge in [-0.15, -0.1) is 0 Å². The highest BCUT2D eigenvalue weighted by Crippen LogP contribution is 2.29. The van der Waals surface area contributed by atoms with Crippen molar-refractivity contribution in [1.82, 2.24) is 15.0 Å². The molecule has 0 saturated heterocycles. The average Bonchev–Trinajstić information content (AvgIpc) is 2.33. The average molecular weight is 302 g/mol. The van der Waals surface area contributed by atoms with E-state index in [1.807, 2.05) is 0 Å². The van der Waals surface area contributed by atoms with Gasteiger partial charge in [0.15, 0.2) is 5.65 Å². The molecule has 2 rings (SSSR count). The highest BCUT2D eigenvalue weighted by atomic mass is 35.5. The fraction of sp³-hybridized carbons (Fsp3) is 0.308. The van der Waals surface area contributed by atoms with Crippen molar-refractivity contribution in [2.24, 2.45) is 0 Å². The molecule has 7 heteroatoms. The molecule has 0 amide bonds. The fourth-order valence-electron chi connectivity index (χ4n) is 1.76. The Morgan fingerprint density at radius 2 is 1.95 bits per heavy atom. The molecule has 0 spiro atoms. The second-order valence-electron chi connectivity index (χ2n) is 4.38. The normalized spacial score (nSPS) is 11.8. The molecule has 0 aliphatic heterocycles. The van der Waals surface area contributed by atoms with Gasteiger partial charge in [0.05, 0.1) is 5.69 Å². The number of alkyl halides is 3. The third-order valence-electron chi connectivity index (χ3n) is 2.72. The fourth-order valence-corrected chi connectivity index (χ4v) is 1.92. The maximum atomic E-state index is 12.3. The van der Waals surface area contributed by atoms with Gasteiger partial charge in [0.25, 0.3) is 0 Å². The number of fused-ring (bicyclic) bond motifs is 1. The van der Waals surface area contributed by atoms with Crippen LogP contribution in [-0.2, 0) is 0 Å². The van der Waals surface area contributed by atoms with Gasteiger partial charge < -0.3 is 0 Å². The third kappa shape index (κ3) is 3.45. The predicted octanol–water partition coefficient (Wildman–Crippen LogP) is 4.34. The quantitative estimate of drug-likeness (QED) is 0.791. The number of aromatic nitrogens is 3. The van der Waals surface area contributed by atoms with E-state index in [1.54, 1.807) is 19.1 Å². The summed E-state index contributed by atoms with van der Waals surface area (Å²) in [5.41, 5.74) is 1.67. The number of nitrogens with zero attached hydrogens (tertiary/aromatic N) is 3. The minimum absolute atomic E-state index is 0.0567. The Morgan fingerprint density at radius 1 is 1.25 bits per heavy atom. The first kappa shape index (κ1) is 14.7. The molecule has 0 atom stereocenters. The maximum absolute atomic E-state index is 12.3. The number of hydrogen-bond donors (Lipinski definition) is 0. The van der Waals surface area contributed by atoms with Crippen LogP contribution in [0.1, 0.15) is 24.2 Å². The van der Waals surface area contributed by atoms with Crippen LogP contribution in [0.3, 0.4) is 0 Å². The van der Waals surface area contributed by atoms with Crippen molar-refractivity contribution in [2.75, 3.05) is 0 Å². The number of aryl methyl sites for hydroxylation is 1. The Balaban J connectivity index is 2.40. The van der Waals surface area contributed by atoms with Crippen LogP contribution in [0.2, 0.25) is 5.28 Å². The van der Waals surface area contributed by atoms with E-state index in [0.29, 0.717) is 16.7 Å². The molecule has 106 valence electrons. The molecule has 0 fully saturated rings. The summed E-state index contributed by atoms with van der Waals surface area (Å²) < 4.78 is 36.8. The Morgan fingerprint density at radius 3 is 2.60 bits per heavy atom. The first-order chi connectivity index (χ1) is 9.26. The lowest BCUT2D eigenvalue weighted by Gasteiger charge is -2.10. The Kier molecular flexibility index (Phi) is 3.94. The molecule has 0 radical (unpaired) electrons. The van der Waals surface area contributed by atoms with E-state index in [4.69, 9.17) is 11.6 Å². The molecule has 3 nitrogen and oxygen atoms in total. The predicted molar refractivity (Wildman–Crippen MR) is 71.4 cm³/mol. The number of pyridine rings is 1. The Labute approximate surface area is 118 Å². The molecule has 2 aromatic heterocycles. The molecule has 0 unspecified atom stereocenters. The summed E-state index contributed by atoms with van der Waals surface area (Å²) in [5, 5.41) is 0.492. The standard InChI is InChI=1S/C13H11ClF3N3/c1-7(5-6-13(15,16)17)10-9-4-3-8(2)18-11(9)20-12(14)19-10/h3-4H,1,5-6H2,2H3. The van der Waals surface area contributed by atoms with E-state index in [1.165, 1.54) is 0 Å². The van der Waals surface area contributed by atoms with Crippen molar-refractivity contribution >= 4 is 28.2 Å². The molecule has 2 aromatic rings. The van der Waals surface area contributed by atoms with Crippen molar-refractivity contribution in [3.05, 3.63) is 35.4 Å². The third-order valence-corrected chi connectivity index (χ3v) is 2.89. The van der Waals surface area contributed by atoms with E-state index in [2.05, 4.69) is 21.5 Å². The maximum Gasteiger partial charge on any atom is 0.389 e. The van der Waals surface area contributed by atoms with Crippen LogP contribution in [0, 0.1) is 6.92 Å². The SMILES string of the molecule is C=C(CCC(F)(F)F)c1nc(Cl)nc2nc(C)ccc12. The lowest BCUT2D eigenvalue weighted by Crippen LogP contribution is -2.07. The summed E-state index contributed by atoms with van der Waals surface area (Å²) in [6, 6.07) is 3.45. The number of halogens is 4. The largest absolute Gasteiger partial charge is 0.389 e. The first-order valence-electron chi connectivity index (χ1n) is 5.82. The summed E-state index contributed by atoms with van der Waals surface area (Å²) in [6.07, 6.45) is -5.42. The van der Waals surface area contributed by atoms with Gasteiger partial charge in [-0.1, -0.05) is 6.58 Å². The van der Waals surface area contributed by atoms with Crippen molar-refractivity contribution in [2.45, 2.75) is 25.9 Å². The lowest BCUT2D eigenvalue weighted by atomic mass is 10.1. The molecular formula is C13H11ClF3N3. The highest BCUT2D eigenvalue weighted by molar-refractivity contribution is 6.28. The molecule has 0 saturated carbocycles. The van der Waals surface area contributed by atoms with Crippen LogP contribution in [0.15, 0.2) is 18.7 Å². The smallest absolute Gasteiger partial charge is 0.233 e. The number of hydrogen-bond acceptors (Lipinski definition) is 3. The summed E-state index contributed by atoms with van der Waals surface area (Å²) in [4.78, 5) is 12.1. The second-order valence-corrected chi connectivity index (χ2v) is 4.72. The molecule has 0 aliphatic rings. The van der Waals surface area contributed by atoms with E-state index in [-0.39, 0.29) is 17.3 Å². The molecule has 0 bridgehead atoms. The molecule has 20 heavy (non-hydrogen) atoms. The van der Waals surface area contributed by atoms with Gasteiger partial charge in [0.1, 0.15) is 0 Å². The van der Waals surface area contributed by atoms with Crippen LogP contribution in [0.4, 0.5) is 13.2 Å². The molecule has 2 heterocycles. The molecule has 0 aliphatic carbocycles. The van der Waals surface area contributed by atoms with Crippen LogP contribution >= 0.6 is 11.6 Å². The van der Waals surface area contributed by atoms with Crippen molar-refractivity contribution in [3.63, 3.8) is 0 Å². The van der Waals surface area contributed by atoms with Gasteiger partial charge in [-0.3, -0.25) is 0 Å². The summed E-state index contributed by atoms with van der Waals surface area (Å²) in [6.45, 7) is 5.45. The number of allylic oxidation sites excluding steroid dienone is 1. The van der Waals surface area contributed by atoms with Gasteiger partial charge in [0.2, 0.25) is 5.28 Å². The summed E-state index contributed by atoms with van der Waals surface area (Å²) in [7, 11) is 0. The minimum Gasteiger partial charge on any atom is -0.233 e. The minimum atomic E-state index is -4.23. The monoisotopic (exact) mass is 301 g/mol. The van der Waals surface area contributed by atoms with E-state index < -0.39 is 12.6 Å². The van der Waals surface area contributed by atoms with Crippen LogP contribution in [0.5, 0.6) is 0 Å². The van der Waals surface area contributed by atoms with Gasteiger partial charge in [0, 0.05) is 17.5 Å². The molecule has 0 N–H and O–H groups in total. The first-order valence-corrected chi connectivity index (χ1v) is 6.20. The lowest BCUT2D eigenvalue weighted by molar-refractivity contribution is -0.133. The Hall–Kier alpha value is -1.69. The van der Waals surface area contributed by atoms with Crippen molar-refractivity contribution in [3.8, 4) is 0 Å². The van der Waals surface area contributed by atoms with Gasteiger partial charge in [-0.25, -0.2) is 9.97 Å². The van der Waals surface area contributed by atoms with Crippen molar-refractivity contribution in [1.29, 1.82) is 0 Å². The second kappa shape index (κ2) is 5.36. The summed E-state index contributed by atoms with van der Waals surface area (Å²) >= 11 is 5.78. The molecular weight excluding hydrogens is 291 g/mol.